The largest absolute Gasteiger partial charge is 0.371 e. The smallest absolute Gasteiger partial charge is 0.110 e. The van der Waals surface area contributed by atoms with Crippen molar-refractivity contribution in [2.45, 2.75) is 69.4 Å². The van der Waals surface area contributed by atoms with Gasteiger partial charge in [-0.3, -0.25) is 0 Å². The zero-order valence-corrected chi connectivity index (χ0v) is 19.7. The van der Waals surface area contributed by atoms with E-state index in [4.69, 9.17) is 9.47 Å². The molecule has 1 N–H and O–H groups in total. The Hall–Kier alpha value is -2.54. The second kappa shape index (κ2) is 9.98. The Morgan fingerprint density at radius 1 is 0.853 bits per heavy atom. The molecule has 6 nitrogen and oxygen atoms in total. The van der Waals surface area contributed by atoms with Gasteiger partial charge in [0.2, 0.25) is 0 Å². The third-order valence-corrected chi connectivity index (χ3v) is 7.78. The molecule has 2 aromatic carbocycles. The summed E-state index contributed by atoms with van der Waals surface area (Å²) in [6.45, 7) is 2.10. The lowest BCUT2D eigenvalue weighted by Gasteiger charge is -2.20. The first-order valence-electron chi connectivity index (χ1n) is 12.9. The summed E-state index contributed by atoms with van der Waals surface area (Å²) in [5, 5.41) is 12.6. The van der Waals surface area contributed by atoms with Crippen molar-refractivity contribution in [3.8, 4) is 11.1 Å². The molecule has 3 heterocycles. The Labute approximate surface area is 201 Å². The summed E-state index contributed by atoms with van der Waals surface area (Å²) in [6, 6.07) is 19.6. The number of aromatic nitrogens is 3. The number of hydrogen-bond donors (Lipinski definition) is 1. The summed E-state index contributed by atoms with van der Waals surface area (Å²) in [7, 11) is 0. The van der Waals surface area contributed by atoms with Crippen molar-refractivity contribution in [2.24, 2.45) is 5.92 Å². The molecule has 0 amide bonds. The lowest BCUT2D eigenvalue weighted by molar-refractivity contribution is 0.0619. The highest BCUT2D eigenvalue weighted by Gasteiger charge is 2.48. The molecule has 178 valence electrons. The summed E-state index contributed by atoms with van der Waals surface area (Å²) < 4.78 is 14.4. The van der Waals surface area contributed by atoms with E-state index in [1.54, 1.807) is 0 Å². The Morgan fingerprint density at radius 2 is 1.62 bits per heavy atom. The molecule has 1 aliphatic carbocycles. The normalized spacial score (nSPS) is 27.2. The minimum atomic E-state index is 0.0298. The van der Waals surface area contributed by atoms with Crippen molar-refractivity contribution in [2.75, 3.05) is 13.2 Å². The Bertz CT molecular complexity index is 1060. The molecule has 0 spiro atoms. The molecule has 0 bridgehead atoms. The van der Waals surface area contributed by atoms with Gasteiger partial charge in [0, 0.05) is 12.7 Å². The molecule has 0 radical (unpaired) electrons. The minimum absolute atomic E-state index is 0.0298. The average molecular weight is 459 g/mol. The van der Waals surface area contributed by atoms with E-state index in [0.717, 1.165) is 24.6 Å². The maximum atomic E-state index is 6.21. The number of hydrogen-bond acceptors (Lipinski definition) is 5. The summed E-state index contributed by atoms with van der Waals surface area (Å²) in [6.07, 6.45) is 10.0. The molecule has 6 heteroatoms. The van der Waals surface area contributed by atoms with Crippen molar-refractivity contribution in [1.82, 2.24) is 20.3 Å². The fourth-order valence-corrected chi connectivity index (χ4v) is 5.83. The van der Waals surface area contributed by atoms with Gasteiger partial charge in [0.05, 0.1) is 24.9 Å². The van der Waals surface area contributed by atoms with Crippen LogP contribution in [-0.4, -0.2) is 46.5 Å². The second-order valence-electron chi connectivity index (χ2n) is 10.1. The van der Waals surface area contributed by atoms with E-state index in [0.29, 0.717) is 13.2 Å². The lowest BCUT2D eigenvalue weighted by atomic mass is 9.86. The Balaban J connectivity index is 1.03. The number of rotatable bonds is 7. The summed E-state index contributed by atoms with van der Waals surface area (Å²) >= 11 is 0. The van der Waals surface area contributed by atoms with Crippen molar-refractivity contribution >= 4 is 0 Å². The lowest BCUT2D eigenvalue weighted by Crippen LogP contribution is -2.40. The third-order valence-electron chi connectivity index (χ3n) is 7.78. The molecular formula is C28H34N4O2. The van der Waals surface area contributed by atoms with Gasteiger partial charge < -0.3 is 14.8 Å². The van der Waals surface area contributed by atoms with Crippen molar-refractivity contribution in [3.63, 3.8) is 0 Å². The first kappa shape index (κ1) is 22.0. The maximum absolute atomic E-state index is 6.21. The highest BCUT2D eigenvalue weighted by molar-refractivity contribution is 5.63. The van der Waals surface area contributed by atoms with Crippen LogP contribution in [0.25, 0.3) is 11.1 Å². The van der Waals surface area contributed by atoms with Crippen LogP contribution in [0.2, 0.25) is 0 Å². The molecule has 3 fully saturated rings. The zero-order chi connectivity index (χ0) is 22.7. The van der Waals surface area contributed by atoms with Crippen LogP contribution in [0.3, 0.4) is 0 Å². The minimum Gasteiger partial charge on any atom is -0.371 e. The van der Waals surface area contributed by atoms with Crippen LogP contribution in [0, 0.1) is 5.92 Å². The number of nitrogens with one attached hydrogen (secondary N) is 1. The molecule has 4 unspecified atom stereocenters. The van der Waals surface area contributed by atoms with Gasteiger partial charge in [0.25, 0.3) is 0 Å². The van der Waals surface area contributed by atoms with Gasteiger partial charge in [-0.25, -0.2) is 4.68 Å². The molecule has 1 aromatic heterocycles. The van der Waals surface area contributed by atoms with Crippen LogP contribution in [-0.2, 0) is 22.4 Å². The average Bonchev–Trinajstić information content (AvgIpc) is 3.62. The van der Waals surface area contributed by atoms with Crippen LogP contribution in [0.15, 0.2) is 60.8 Å². The van der Waals surface area contributed by atoms with Gasteiger partial charge in [0.1, 0.15) is 18.2 Å². The molecule has 34 heavy (non-hydrogen) atoms. The number of benzene rings is 2. The van der Waals surface area contributed by atoms with E-state index in [-0.39, 0.29) is 24.3 Å². The number of fused-ring (bicyclic) bond motifs is 1. The van der Waals surface area contributed by atoms with Crippen molar-refractivity contribution in [1.29, 1.82) is 0 Å². The molecule has 2 saturated heterocycles. The Morgan fingerprint density at radius 3 is 2.44 bits per heavy atom. The third kappa shape index (κ3) is 4.67. The molecule has 3 aromatic rings. The van der Waals surface area contributed by atoms with Crippen LogP contribution >= 0.6 is 0 Å². The van der Waals surface area contributed by atoms with E-state index < -0.39 is 0 Å². The fourth-order valence-electron chi connectivity index (χ4n) is 5.83. The molecule has 6 rings (SSSR count). The van der Waals surface area contributed by atoms with Gasteiger partial charge in [-0.1, -0.05) is 91.9 Å². The van der Waals surface area contributed by atoms with Gasteiger partial charge in [-0.2, -0.15) is 0 Å². The standard InChI is InChI=1S/C28H34N4O2/c1-3-7-20(8-4-1)15-24-17-32(31-30-24)26-19-34-27-25(18-33-28(26)27)29-16-21-11-13-23(14-12-21)22-9-5-2-6-10-22/h2,5-6,9-14,17,20,25-29H,1,3-4,7-8,15-16,18-19H2. The summed E-state index contributed by atoms with van der Waals surface area (Å²) in [4.78, 5) is 0. The van der Waals surface area contributed by atoms with E-state index in [1.807, 2.05) is 10.7 Å². The van der Waals surface area contributed by atoms with Crippen LogP contribution in [0.1, 0.15) is 49.4 Å². The fraction of sp³-hybridized carbons (Fsp3) is 0.500. The first-order valence-corrected chi connectivity index (χ1v) is 12.9. The topological polar surface area (TPSA) is 61.2 Å². The van der Waals surface area contributed by atoms with E-state index in [1.165, 1.54) is 48.8 Å². The highest BCUT2D eigenvalue weighted by Crippen LogP contribution is 2.34. The van der Waals surface area contributed by atoms with E-state index in [2.05, 4.69) is 70.4 Å². The van der Waals surface area contributed by atoms with Gasteiger partial charge >= 0.3 is 0 Å². The van der Waals surface area contributed by atoms with Crippen LogP contribution < -0.4 is 5.32 Å². The van der Waals surface area contributed by atoms with Gasteiger partial charge in [0.15, 0.2) is 0 Å². The quantitative estimate of drug-likeness (QED) is 0.562. The SMILES string of the molecule is c1ccc(-c2ccc(CNC3COC4C3OCC4n3cc(CC4CCCCC4)nn3)cc2)cc1. The van der Waals surface area contributed by atoms with Crippen LogP contribution in [0.4, 0.5) is 0 Å². The Kier molecular flexibility index (Phi) is 6.45. The predicted molar refractivity (Wildman–Crippen MR) is 131 cm³/mol. The van der Waals surface area contributed by atoms with Gasteiger partial charge in [-0.15, -0.1) is 5.10 Å². The highest BCUT2D eigenvalue weighted by atomic mass is 16.6. The van der Waals surface area contributed by atoms with Crippen molar-refractivity contribution in [3.05, 3.63) is 72.1 Å². The molecule has 2 aliphatic heterocycles. The maximum Gasteiger partial charge on any atom is 0.110 e. The van der Waals surface area contributed by atoms with Gasteiger partial charge in [-0.05, 0) is 29.0 Å². The first-order chi connectivity index (χ1) is 16.8. The van der Waals surface area contributed by atoms with Crippen molar-refractivity contribution < 1.29 is 9.47 Å². The summed E-state index contributed by atoms with van der Waals surface area (Å²) in [5.41, 5.74) is 4.86. The molecular weight excluding hydrogens is 424 g/mol. The van der Waals surface area contributed by atoms with E-state index >= 15 is 0 Å². The molecule has 1 saturated carbocycles. The second-order valence-corrected chi connectivity index (χ2v) is 10.1. The predicted octanol–water partition coefficient (Wildman–Crippen LogP) is 4.57. The monoisotopic (exact) mass is 458 g/mol. The number of nitrogens with zero attached hydrogens (tertiary/aromatic N) is 3. The van der Waals surface area contributed by atoms with E-state index in [9.17, 15) is 0 Å². The zero-order valence-electron chi connectivity index (χ0n) is 19.7. The molecule has 4 atom stereocenters. The number of ether oxygens (including phenoxy) is 2. The van der Waals surface area contributed by atoms with Crippen LogP contribution in [0.5, 0.6) is 0 Å². The summed E-state index contributed by atoms with van der Waals surface area (Å²) in [5.74, 6) is 0.768. The molecule has 3 aliphatic rings.